The Hall–Kier alpha value is -2.64. The Morgan fingerprint density at radius 3 is 2.75 bits per heavy atom. The summed E-state index contributed by atoms with van der Waals surface area (Å²) in [5.41, 5.74) is 3.48. The second-order valence-electron chi connectivity index (χ2n) is 6.41. The standard InChI is InChI=1S/C20H18ClN3O3S/c1-11-18-19(12-3-8-15(25)16(9-12)27-2)28-10-17(26)22-20(18)24(23-11)14-6-4-13(21)5-7-14/h3-9,19,25H,10H2,1-2H3,(H,22,26). The molecule has 1 atom stereocenters. The van der Waals surface area contributed by atoms with Crippen molar-refractivity contribution in [2.75, 3.05) is 18.2 Å². The summed E-state index contributed by atoms with van der Waals surface area (Å²) in [6.45, 7) is 1.92. The van der Waals surface area contributed by atoms with Crippen molar-refractivity contribution in [1.29, 1.82) is 0 Å². The first-order chi connectivity index (χ1) is 13.5. The van der Waals surface area contributed by atoms with E-state index in [0.717, 1.165) is 22.5 Å². The SMILES string of the molecule is COc1cc(C2SCC(=O)Nc3c2c(C)nn3-c2ccc(Cl)cc2)ccc1O. The van der Waals surface area contributed by atoms with Gasteiger partial charge in [0.2, 0.25) is 5.91 Å². The van der Waals surface area contributed by atoms with Gasteiger partial charge in [0.15, 0.2) is 11.5 Å². The summed E-state index contributed by atoms with van der Waals surface area (Å²) < 4.78 is 6.99. The first-order valence-electron chi connectivity index (χ1n) is 8.61. The molecule has 0 aliphatic carbocycles. The van der Waals surface area contributed by atoms with Gasteiger partial charge in [-0.25, -0.2) is 4.68 Å². The van der Waals surface area contributed by atoms with Crippen molar-refractivity contribution in [3.63, 3.8) is 0 Å². The number of amides is 1. The molecule has 0 fully saturated rings. The molecule has 28 heavy (non-hydrogen) atoms. The lowest BCUT2D eigenvalue weighted by Crippen LogP contribution is -2.15. The Labute approximate surface area is 171 Å². The topological polar surface area (TPSA) is 76.4 Å². The number of thioether (sulfide) groups is 1. The van der Waals surface area contributed by atoms with Gasteiger partial charge < -0.3 is 15.2 Å². The number of ether oxygens (including phenoxy) is 1. The highest BCUT2D eigenvalue weighted by atomic mass is 35.5. The molecule has 6 nitrogen and oxygen atoms in total. The van der Waals surface area contributed by atoms with E-state index in [9.17, 15) is 9.90 Å². The molecule has 8 heteroatoms. The lowest BCUT2D eigenvalue weighted by Gasteiger charge is -2.16. The maximum atomic E-state index is 12.4. The van der Waals surface area contributed by atoms with Gasteiger partial charge in [-0.2, -0.15) is 5.10 Å². The molecular weight excluding hydrogens is 398 g/mol. The Morgan fingerprint density at radius 1 is 1.29 bits per heavy atom. The molecule has 4 rings (SSSR count). The van der Waals surface area contributed by atoms with Crippen molar-refractivity contribution in [3.8, 4) is 17.2 Å². The molecule has 1 aliphatic heterocycles. The number of carbonyl (C=O) groups is 1. The second kappa shape index (κ2) is 7.41. The minimum absolute atomic E-state index is 0.0767. The Morgan fingerprint density at radius 2 is 2.04 bits per heavy atom. The van der Waals surface area contributed by atoms with E-state index >= 15 is 0 Å². The number of hydrogen-bond acceptors (Lipinski definition) is 5. The molecule has 0 saturated heterocycles. The van der Waals surface area contributed by atoms with Crippen molar-refractivity contribution in [2.45, 2.75) is 12.2 Å². The van der Waals surface area contributed by atoms with Gasteiger partial charge in [-0.3, -0.25) is 4.79 Å². The number of phenols is 1. The zero-order valence-corrected chi connectivity index (χ0v) is 16.8. The number of nitrogens with zero attached hydrogens (tertiary/aromatic N) is 2. The Bertz CT molecular complexity index is 1050. The van der Waals surface area contributed by atoms with E-state index in [1.54, 1.807) is 28.9 Å². The van der Waals surface area contributed by atoms with Crippen LogP contribution in [0.2, 0.25) is 5.02 Å². The summed E-state index contributed by atoms with van der Waals surface area (Å²) in [6.07, 6.45) is 0. The van der Waals surface area contributed by atoms with Crippen molar-refractivity contribution in [2.24, 2.45) is 0 Å². The third-order valence-corrected chi connectivity index (χ3v) is 6.11. The molecule has 1 amide bonds. The van der Waals surface area contributed by atoms with Crippen molar-refractivity contribution in [3.05, 3.63) is 64.3 Å². The fourth-order valence-electron chi connectivity index (χ4n) is 3.27. The molecule has 1 unspecified atom stereocenters. The lowest BCUT2D eigenvalue weighted by atomic mass is 10.0. The van der Waals surface area contributed by atoms with E-state index < -0.39 is 0 Å². The van der Waals surface area contributed by atoms with Gasteiger partial charge in [0.1, 0.15) is 5.82 Å². The summed E-state index contributed by atoms with van der Waals surface area (Å²) in [7, 11) is 1.51. The number of halogens is 1. The van der Waals surface area contributed by atoms with Crippen LogP contribution < -0.4 is 10.1 Å². The normalized spacial score (nSPS) is 16.2. The molecule has 144 valence electrons. The third kappa shape index (κ3) is 3.31. The average Bonchev–Trinajstić information content (AvgIpc) is 2.89. The number of phenolic OH excluding ortho intramolecular Hbond substituents is 1. The minimum Gasteiger partial charge on any atom is -0.504 e. The van der Waals surface area contributed by atoms with Gasteiger partial charge in [-0.15, -0.1) is 11.8 Å². The summed E-state index contributed by atoms with van der Waals surface area (Å²) in [4.78, 5) is 12.4. The number of fused-ring (bicyclic) bond motifs is 1. The molecule has 2 N–H and O–H groups in total. The fourth-order valence-corrected chi connectivity index (χ4v) is 4.58. The highest BCUT2D eigenvalue weighted by Crippen LogP contribution is 2.45. The lowest BCUT2D eigenvalue weighted by molar-refractivity contribution is -0.113. The summed E-state index contributed by atoms with van der Waals surface area (Å²) in [5, 5.41) is 18.1. The van der Waals surface area contributed by atoms with Gasteiger partial charge in [0, 0.05) is 10.6 Å². The second-order valence-corrected chi connectivity index (χ2v) is 7.94. The fraction of sp³-hybridized carbons (Fsp3) is 0.200. The van der Waals surface area contributed by atoms with E-state index in [1.807, 2.05) is 25.1 Å². The zero-order valence-electron chi connectivity index (χ0n) is 15.3. The van der Waals surface area contributed by atoms with Crippen LogP contribution in [0.4, 0.5) is 5.82 Å². The van der Waals surface area contributed by atoms with Crippen LogP contribution in [-0.4, -0.2) is 33.7 Å². The summed E-state index contributed by atoms with van der Waals surface area (Å²) in [5.74, 6) is 1.34. The number of hydrogen-bond donors (Lipinski definition) is 2. The van der Waals surface area contributed by atoms with Crippen LogP contribution in [-0.2, 0) is 4.79 Å². The summed E-state index contributed by atoms with van der Waals surface area (Å²) in [6, 6.07) is 12.5. The number of aromatic hydroxyl groups is 1. The van der Waals surface area contributed by atoms with Crippen LogP contribution >= 0.6 is 23.4 Å². The van der Waals surface area contributed by atoms with Crippen LogP contribution in [0, 0.1) is 6.92 Å². The molecular formula is C20H18ClN3O3S. The van der Waals surface area contributed by atoms with Gasteiger partial charge in [-0.05, 0) is 48.9 Å². The third-order valence-electron chi connectivity index (χ3n) is 4.59. The number of anilines is 1. The molecule has 2 heterocycles. The first kappa shape index (κ1) is 18.7. The quantitative estimate of drug-likeness (QED) is 0.666. The number of aryl methyl sites for hydroxylation is 1. The Kier molecular flexibility index (Phi) is 4.95. The minimum atomic E-state index is -0.135. The number of benzene rings is 2. The van der Waals surface area contributed by atoms with Crippen LogP contribution in [0.25, 0.3) is 5.69 Å². The maximum absolute atomic E-state index is 12.4. The number of aromatic nitrogens is 2. The van der Waals surface area contributed by atoms with Crippen LogP contribution in [0.3, 0.4) is 0 Å². The van der Waals surface area contributed by atoms with Gasteiger partial charge in [0.05, 0.1) is 29.5 Å². The predicted molar refractivity (Wildman–Crippen MR) is 111 cm³/mol. The maximum Gasteiger partial charge on any atom is 0.235 e. The molecule has 0 spiro atoms. The van der Waals surface area contributed by atoms with Crippen LogP contribution in [0.1, 0.15) is 22.1 Å². The Balaban J connectivity index is 1.87. The number of carbonyl (C=O) groups excluding carboxylic acids is 1. The zero-order chi connectivity index (χ0) is 19.8. The molecule has 1 aromatic heterocycles. The molecule has 0 saturated carbocycles. The average molecular weight is 416 g/mol. The van der Waals surface area contributed by atoms with E-state index in [0.29, 0.717) is 22.3 Å². The molecule has 1 aliphatic rings. The van der Waals surface area contributed by atoms with Gasteiger partial charge in [0.25, 0.3) is 0 Å². The largest absolute Gasteiger partial charge is 0.504 e. The highest BCUT2D eigenvalue weighted by Gasteiger charge is 2.31. The van der Waals surface area contributed by atoms with E-state index in [4.69, 9.17) is 16.3 Å². The van der Waals surface area contributed by atoms with E-state index in [-0.39, 0.29) is 16.9 Å². The van der Waals surface area contributed by atoms with Crippen molar-refractivity contribution < 1.29 is 14.6 Å². The summed E-state index contributed by atoms with van der Waals surface area (Å²) >= 11 is 7.52. The van der Waals surface area contributed by atoms with Crippen LogP contribution in [0.5, 0.6) is 11.5 Å². The predicted octanol–water partition coefficient (Wildman–Crippen LogP) is 4.32. The monoisotopic (exact) mass is 415 g/mol. The number of rotatable bonds is 3. The van der Waals surface area contributed by atoms with Crippen LogP contribution in [0.15, 0.2) is 42.5 Å². The molecule has 0 bridgehead atoms. The number of nitrogens with one attached hydrogen (secondary N) is 1. The van der Waals surface area contributed by atoms with Crippen molar-refractivity contribution in [1.82, 2.24) is 9.78 Å². The number of methoxy groups -OCH3 is 1. The van der Waals surface area contributed by atoms with E-state index in [2.05, 4.69) is 10.4 Å². The molecule has 0 radical (unpaired) electrons. The van der Waals surface area contributed by atoms with Gasteiger partial charge in [-0.1, -0.05) is 17.7 Å². The smallest absolute Gasteiger partial charge is 0.235 e. The molecule has 2 aromatic carbocycles. The van der Waals surface area contributed by atoms with Gasteiger partial charge >= 0.3 is 0 Å². The van der Waals surface area contributed by atoms with E-state index in [1.165, 1.54) is 18.9 Å². The highest BCUT2D eigenvalue weighted by molar-refractivity contribution is 8.00. The molecule has 3 aromatic rings. The van der Waals surface area contributed by atoms with Crippen molar-refractivity contribution >= 4 is 35.1 Å². The first-order valence-corrected chi connectivity index (χ1v) is 10.0.